The van der Waals surface area contributed by atoms with Gasteiger partial charge in [0.15, 0.2) is 0 Å². The molecule has 0 aliphatic rings. The third-order valence-electron chi connectivity index (χ3n) is 1.14. The number of carbonyl (C=O) groups excluding carboxylic acids is 2. The number of hydroxylamine groups is 2. The van der Waals surface area contributed by atoms with E-state index in [0.29, 0.717) is 32.3 Å². The molecular weight excluding hydrogens is 148 g/mol. The third-order valence-corrected chi connectivity index (χ3v) is 1.14. The highest BCUT2D eigenvalue weighted by atomic mass is 16.7. The van der Waals surface area contributed by atoms with Crippen LogP contribution in [0.5, 0.6) is 0 Å². The first kappa shape index (κ1) is 9.90. The Morgan fingerprint density at radius 3 is 2.73 bits per heavy atom. The van der Waals surface area contributed by atoms with E-state index in [-0.39, 0.29) is 0 Å². The molecule has 0 atom stereocenters. The smallest absolute Gasteiger partial charge is 0.233 e. The molecule has 0 radical (unpaired) electrons. The van der Waals surface area contributed by atoms with Crippen molar-refractivity contribution in [1.82, 2.24) is 10.4 Å². The zero-order valence-corrected chi connectivity index (χ0v) is 6.45. The lowest BCUT2D eigenvalue weighted by molar-refractivity contribution is -0.160. The summed E-state index contributed by atoms with van der Waals surface area (Å²) < 4.78 is 0. The highest BCUT2D eigenvalue weighted by Gasteiger charge is 1.96. The average Bonchev–Trinajstić information content (AvgIpc) is 2.05. The number of rotatable bonds is 7. The molecule has 0 aliphatic carbocycles. The van der Waals surface area contributed by atoms with Gasteiger partial charge in [-0.1, -0.05) is 0 Å². The van der Waals surface area contributed by atoms with Crippen molar-refractivity contribution >= 4 is 12.8 Å². The van der Waals surface area contributed by atoms with Crippen LogP contribution in [-0.4, -0.2) is 38.1 Å². The van der Waals surface area contributed by atoms with E-state index in [0.717, 1.165) is 5.06 Å². The van der Waals surface area contributed by atoms with Gasteiger partial charge in [0.05, 0.1) is 13.7 Å². The summed E-state index contributed by atoms with van der Waals surface area (Å²) in [4.78, 5) is 24.5. The summed E-state index contributed by atoms with van der Waals surface area (Å²) in [6, 6.07) is 0. The van der Waals surface area contributed by atoms with Gasteiger partial charge in [0, 0.05) is 6.54 Å². The van der Waals surface area contributed by atoms with Crippen LogP contribution in [0.2, 0.25) is 0 Å². The van der Waals surface area contributed by atoms with Gasteiger partial charge in [-0.25, -0.2) is 5.06 Å². The van der Waals surface area contributed by atoms with E-state index >= 15 is 0 Å². The van der Waals surface area contributed by atoms with Gasteiger partial charge in [-0.05, 0) is 6.42 Å². The van der Waals surface area contributed by atoms with Crippen molar-refractivity contribution in [1.29, 1.82) is 0 Å². The van der Waals surface area contributed by atoms with Crippen molar-refractivity contribution in [2.45, 2.75) is 6.42 Å². The molecular formula is C6H12N2O3. The molecule has 0 spiro atoms. The Morgan fingerprint density at radius 1 is 1.55 bits per heavy atom. The predicted octanol–water partition coefficient (Wildman–Crippen LogP) is -0.858. The van der Waals surface area contributed by atoms with Gasteiger partial charge in [-0.2, -0.15) is 0 Å². The van der Waals surface area contributed by atoms with Crippen molar-refractivity contribution < 1.29 is 14.4 Å². The van der Waals surface area contributed by atoms with Crippen LogP contribution in [0.3, 0.4) is 0 Å². The van der Waals surface area contributed by atoms with Gasteiger partial charge in [-0.3, -0.25) is 14.4 Å². The van der Waals surface area contributed by atoms with Crippen LogP contribution in [0.1, 0.15) is 6.42 Å². The van der Waals surface area contributed by atoms with Crippen molar-refractivity contribution in [3.63, 3.8) is 0 Å². The summed E-state index contributed by atoms with van der Waals surface area (Å²) >= 11 is 0. The topological polar surface area (TPSA) is 58.6 Å². The third kappa shape index (κ3) is 5.35. The van der Waals surface area contributed by atoms with Crippen LogP contribution in [0.15, 0.2) is 0 Å². The van der Waals surface area contributed by atoms with Crippen LogP contribution in [0.4, 0.5) is 0 Å². The standard InChI is InChI=1S/C6H12N2O3/c1-11-8(6-10)4-2-3-7-5-9/h5-6H,2-4H2,1H3,(H,7,9). The Balaban J connectivity index is 3.20. The minimum absolute atomic E-state index is 0.487. The molecule has 5 heteroatoms. The molecule has 0 fully saturated rings. The second kappa shape index (κ2) is 7.01. The Labute approximate surface area is 65.3 Å². The van der Waals surface area contributed by atoms with Crippen molar-refractivity contribution in [3.05, 3.63) is 0 Å². The average molecular weight is 160 g/mol. The molecule has 0 bridgehead atoms. The fourth-order valence-electron chi connectivity index (χ4n) is 0.583. The van der Waals surface area contributed by atoms with E-state index in [9.17, 15) is 9.59 Å². The summed E-state index contributed by atoms with van der Waals surface area (Å²) in [5, 5.41) is 3.63. The highest BCUT2D eigenvalue weighted by molar-refractivity contribution is 5.46. The van der Waals surface area contributed by atoms with Crippen molar-refractivity contribution in [2.75, 3.05) is 20.2 Å². The first-order chi connectivity index (χ1) is 5.35. The summed E-state index contributed by atoms with van der Waals surface area (Å²) in [7, 11) is 1.42. The van der Waals surface area contributed by atoms with Gasteiger partial charge in [0.1, 0.15) is 0 Å². The van der Waals surface area contributed by atoms with Crippen molar-refractivity contribution in [3.8, 4) is 0 Å². The molecule has 1 N–H and O–H groups in total. The fourth-order valence-corrected chi connectivity index (χ4v) is 0.583. The Kier molecular flexibility index (Phi) is 6.31. The van der Waals surface area contributed by atoms with Gasteiger partial charge >= 0.3 is 0 Å². The van der Waals surface area contributed by atoms with E-state index in [2.05, 4.69) is 10.2 Å². The molecule has 0 aromatic carbocycles. The predicted molar refractivity (Wildman–Crippen MR) is 38.5 cm³/mol. The number of hydrogen-bond donors (Lipinski definition) is 1. The maximum atomic E-state index is 10.1. The normalized spacial score (nSPS) is 8.82. The minimum atomic E-state index is 0.487. The number of hydrogen-bond acceptors (Lipinski definition) is 3. The van der Waals surface area contributed by atoms with Gasteiger partial charge in [0.2, 0.25) is 12.8 Å². The molecule has 0 aliphatic heterocycles. The minimum Gasteiger partial charge on any atom is -0.359 e. The number of amides is 2. The molecule has 0 aromatic rings. The molecule has 0 aromatic heterocycles. The molecule has 11 heavy (non-hydrogen) atoms. The van der Waals surface area contributed by atoms with E-state index < -0.39 is 0 Å². The largest absolute Gasteiger partial charge is 0.359 e. The highest BCUT2D eigenvalue weighted by Crippen LogP contribution is 1.84. The summed E-state index contributed by atoms with van der Waals surface area (Å²) in [6.07, 6.45) is 1.91. The fraction of sp³-hybridized carbons (Fsp3) is 0.667. The molecule has 0 saturated heterocycles. The molecule has 0 heterocycles. The van der Waals surface area contributed by atoms with E-state index in [1.165, 1.54) is 7.11 Å². The van der Waals surface area contributed by atoms with Crippen LogP contribution in [-0.2, 0) is 14.4 Å². The first-order valence-electron chi connectivity index (χ1n) is 3.28. The number of nitrogens with one attached hydrogen (secondary N) is 1. The van der Waals surface area contributed by atoms with Crippen molar-refractivity contribution in [2.24, 2.45) is 0 Å². The summed E-state index contributed by atoms with van der Waals surface area (Å²) in [5.41, 5.74) is 0. The molecule has 0 saturated carbocycles. The van der Waals surface area contributed by atoms with E-state index in [4.69, 9.17) is 0 Å². The monoisotopic (exact) mass is 160 g/mol. The number of carbonyl (C=O) groups is 2. The Hall–Kier alpha value is -1.10. The quantitative estimate of drug-likeness (QED) is 0.299. The van der Waals surface area contributed by atoms with Gasteiger partial charge < -0.3 is 5.32 Å². The molecule has 64 valence electrons. The van der Waals surface area contributed by atoms with Gasteiger partial charge in [0.25, 0.3) is 0 Å². The van der Waals surface area contributed by atoms with E-state index in [1.54, 1.807) is 0 Å². The SMILES string of the molecule is CON(C=O)CCCNC=O. The lowest BCUT2D eigenvalue weighted by Gasteiger charge is -2.12. The van der Waals surface area contributed by atoms with Crippen LogP contribution >= 0.6 is 0 Å². The second-order valence-corrected chi connectivity index (χ2v) is 1.85. The molecule has 5 nitrogen and oxygen atoms in total. The van der Waals surface area contributed by atoms with Crippen LogP contribution < -0.4 is 5.32 Å². The van der Waals surface area contributed by atoms with Gasteiger partial charge in [-0.15, -0.1) is 0 Å². The molecule has 0 unspecified atom stereocenters. The summed E-state index contributed by atoms with van der Waals surface area (Å²) in [6.45, 7) is 1.04. The lowest BCUT2D eigenvalue weighted by Crippen LogP contribution is -2.24. The lowest BCUT2D eigenvalue weighted by atomic mass is 10.4. The van der Waals surface area contributed by atoms with E-state index in [1.807, 2.05) is 0 Å². The first-order valence-corrected chi connectivity index (χ1v) is 3.28. The Bertz CT molecular complexity index is 118. The zero-order chi connectivity index (χ0) is 8.53. The zero-order valence-electron chi connectivity index (χ0n) is 6.45. The molecule has 2 amide bonds. The van der Waals surface area contributed by atoms with Crippen LogP contribution in [0, 0.1) is 0 Å². The summed E-state index contributed by atoms with van der Waals surface area (Å²) in [5.74, 6) is 0. The number of nitrogens with zero attached hydrogens (tertiary/aromatic N) is 1. The maximum absolute atomic E-state index is 10.1. The Morgan fingerprint density at radius 2 is 2.27 bits per heavy atom. The van der Waals surface area contributed by atoms with Crippen LogP contribution in [0.25, 0.3) is 0 Å². The molecule has 0 rings (SSSR count). The maximum Gasteiger partial charge on any atom is 0.233 e. The second-order valence-electron chi connectivity index (χ2n) is 1.85.